The first-order valence-corrected chi connectivity index (χ1v) is 4.82. The summed E-state index contributed by atoms with van der Waals surface area (Å²) in [6, 6.07) is 6.47. The normalized spacial score (nSPS) is 16.5. The summed E-state index contributed by atoms with van der Waals surface area (Å²) in [7, 11) is 0. The van der Waals surface area contributed by atoms with Crippen LogP contribution in [0.1, 0.15) is 30.5 Å². The number of rotatable bonds is 2. The van der Waals surface area contributed by atoms with Gasteiger partial charge in [0, 0.05) is 12.5 Å². The highest BCUT2D eigenvalue weighted by molar-refractivity contribution is 5.40. The van der Waals surface area contributed by atoms with Gasteiger partial charge in [-0.3, -0.25) is 0 Å². The van der Waals surface area contributed by atoms with Crippen LogP contribution >= 0.6 is 0 Å². The predicted molar refractivity (Wildman–Crippen MR) is 52.9 cm³/mol. The third-order valence-corrected chi connectivity index (χ3v) is 2.59. The van der Waals surface area contributed by atoms with Crippen molar-refractivity contribution in [1.29, 1.82) is 0 Å². The first-order chi connectivity index (χ1) is 6.31. The Morgan fingerprint density at radius 2 is 2.38 bits per heavy atom. The van der Waals surface area contributed by atoms with Gasteiger partial charge >= 0.3 is 0 Å². The second kappa shape index (κ2) is 3.38. The van der Waals surface area contributed by atoms with E-state index in [-0.39, 0.29) is 6.04 Å². The molecule has 1 atom stereocenters. The van der Waals surface area contributed by atoms with E-state index in [1.54, 1.807) is 0 Å². The smallest absolute Gasteiger partial charge is 0.122 e. The molecule has 13 heavy (non-hydrogen) atoms. The molecule has 70 valence electrons. The lowest BCUT2D eigenvalue weighted by molar-refractivity contribution is 0.356. The minimum absolute atomic E-state index is 0.148. The van der Waals surface area contributed by atoms with Crippen LogP contribution < -0.4 is 10.5 Å². The van der Waals surface area contributed by atoms with Crippen molar-refractivity contribution in [2.45, 2.75) is 25.8 Å². The predicted octanol–water partition coefficient (Wildman–Crippen LogP) is 2.03. The average Bonchev–Trinajstić information content (AvgIpc) is 2.63. The summed E-state index contributed by atoms with van der Waals surface area (Å²) in [5.74, 6) is 1.03. The lowest BCUT2D eigenvalue weighted by atomic mass is 10.0. The minimum Gasteiger partial charge on any atom is -0.493 e. The molecule has 0 bridgehead atoms. The van der Waals surface area contributed by atoms with Crippen molar-refractivity contribution >= 4 is 0 Å². The topological polar surface area (TPSA) is 35.2 Å². The quantitative estimate of drug-likeness (QED) is 0.750. The van der Waals surface area contributed by atoms with Crippen molar-refractivity contribution < 1.29 is 4.74 Å². The number of hydrogen-bond acceptors (Lipinski definition) is 2. The highest BCUT2D eigenvalue weighted by atomic mass is 16.5. The zero-order valence-electron chi connectivity index (χ0n) is 7.92. The molecule has 0 aliphatic carbocycles. The fraction of sp³-hybridized carbons (Fsp3) is 0.455. The van der Waals surface area contributed by atoms with Gasteiger partial charge in [-0.15, -0.1) is 0 Å². The zero-order valence-corrected chi connectivity index (χ0v) is 7.92. The lowest BCUT2D eigenvalue weighted by Crippen LogP contribution is -2.08. The molecule has 1 aromatic carbocycles. The number of nitrogens with two attached hydrogens (primary N) is 1. The van der Waals surface area contributed by atoms with Gasteiger partial charge in [0.2, 0.25) is 0 Å². The third-order valence-electron chi connectivity index (χ3n) is 2.59. The van der Waals surface area contributed by atoms with Crippen molar-refractivity contribution in [2.24, 2.45) is 5.73 Å². The van der Waals surface area contributed by atoms with Crippen molar-refractivity contribution in [3.63, 3.8) is 0 Å². The van der Waals surface area contributed by atoms with E-state index in [0.717, 1.165) is 25.2 Å². The van der Waals surface area contributed by atoms with Gasteiger partial charge in [0.15, 0.2) is 0 Å². The molecule has 2 N–H and O–H groups in total. The van der Waals surface area contributed by atoms with E-state index < -0.39 is 0 Å². The van der Waals surface area contributed by atoms with Gasteiger partial charge in [-0.25, -0.2) is 0 Å². The Kier molecular flexibility index (Phi) is 2.23. The molecule has 0 fully saturated rings. The summed E-state index contributed by atoms with van der Waals surface area (Å²) >= 11 is 0. The molecule has 1 heterocycles. The van der Waals surface area contributed by atoms with Crippen LogP contribution in [0, 0.1) is 0 Å². The van der Waals surface area contributed by atoms with E-state index in [1.807, 2.05) is 0 Å². The van der Waals surface area contributed by atoms with Gasteiger partial charge in [0.1, 0.15) is 5.75 Å². The van der Waals surface area contributed by atoms with Gasteiger partial charge < -0.3 is 10.5 Å². The molecule has 0 radical (unpaired) electrons. The average molecular weight is 177 g/mol. The maximum atomic E-state index is 5.93. The fourth-order valence-electron chi connectivity index (χ4n) is 1.65. The number of hydrogen-bond donors (Lipinski definition) is 1. The molecular formula is C11H15NO. The minimum atomic E-state index is 0.148. The highest BCUT2D eigenvalue weighted by Crippen LogP contribution is 2.28. The summed E-state index contributed by atoms with van der Waals surface area (Å²) in [6.07, 6.45) is 2.01. The second-order valence-corrected chi connectivity index (χ2v) is 3.48. The number of ether oxygens (including phenoxy) is 1. The third kappa shape index (κ3) is 1.54. The summed E-state index contributed by atoms with van der Waals surface area (Å²) in [5, 5.41) is 0. The molecule has 0 amide bonds. The Balaban J connectivity index is 2.30. The molecule has 0 spiro atoms. The Morgan fingerprint density at radius 3 is 3.15 bits per heavy atom. The van der Waals surface area contributed by atoms with Crippen LogP contribution in [0.4, 0.5) is 0 Å². The van der Waals surface area contributed by atoms with Crippen LogP contribution in [-0.4, -0.2) is 6.61 Å². The van der Waals surface area contributed by atoms with E-state index in [0.29, 0.717) is 0 Å². The highest BCUT2D eigenvalue weighted by Gasteiger charge is 2.13. The summed E-state index contributed by atoms with van der Waals surface area (Å²) in [6.45, 7) is 2.92. The lowest BCUT2D eigenvalue weighted by Gasteiger charge is -2.10. The van der Waals surface area contributed by atoms with Crippen LogP contribution in [0.3, 0.4) is 0 Å². The van der Waals surface area contributed by atoms with Crippen LogP contribution in [0.15, 0.2) is 18.2 Å². The molecule has 2 rings (SSSR count). The standard InChI is InChI=1S/C11H15NO/c1-2-10(12)9-4-3-8-5-6-13-11(8)7-9/h3-4,7,10H,2,5-6,12H2,1H3/t10-/m1/s1. The van der Waals surface area contributed by atoms with E-state index >= 15 is 0 Å². The molecule has 0 unspecified atom stereocenters. The summed E-state index contributed by atoms with van der Waals surface area (Å²) < 4.78 is 5.48. The van der Waals surface area contributed by atoms with Crippen LogP contribution in [0.2, 0.25) is 0 Å². The molecule has 1 aromatic rings. The Hall–Kier alpha value is -1.02. The first-order valence-electron chi connectivity index (χ1n) is 4.82. The molecule has 1 aliphatic heterocycles. The Morgan fingerprint density at radius 1 is 1.54 bits per heavy atom. The first kappa shape index (κ1) is 8.57. The van der Waals surface area contributed by atoms with Gasteiger partial charge in [-0.2, -0.15) is 0 Å². The van der Waals surface area contributed by atoms with Crippen molar-refractivity contribution in [2.75, 3.05) is 6.61 Å². The van der Waals surface area contributed by atoms with Gasteiger partial charge in [-0.1, -0.05) is 19.1 Å². The van der Waals surface area contributed by atoms with Crippen molar-refractivity contribution in [1.82, 2.24) is 0 Å². The Bertz CT molecular complexity index is 309. The number of benzene rings is 1. The molecule has 0 saturated heterocycles. The second-order valence-electron chi connectivity index (χ2n) is 3.48. The molecule has 0 saturated carbocycles. The maximum Gasteiger partial charge on any atom is 0.122 e. The molecule has 1 aliphatic rings. The van der Waals surface area contributed by atoms with Crippen molar-refractivity contribution in [3.8, 4) is 5.75 Å². The zero-order chi connectivity index (χ0) is 9.26. The largest absolute Gasteiger partial charge is 0.493 e. The van der Waals surface area contributed by atoms with Gasteiger partial charge in [0.25, 0.3) is 0 Å². The van der Waals surface area contributed by atoms with Gasteiger partial charge in [-0.05, 0) is 23.6 Å². The van der Waals surface area contributed by atoms with E-state index in [1.165, 1.54) is 11.1 Å². The monoisotopic (exact) mass is 177 g/mol. The van der Waals surface area contributed by atoms with Crippen LogP contribution in [0.25, 0.3) is 0 Å². The van der Waals surface area contributed by atoms with E-state index in [2.05, 4.69) is 25.1 Å². The van der Waals surface area contributed by atoms with E-state index in [9.17, 15) is 0 Å². The van der Waals surface area contributed by atoms with Gasteiger partial charge in [0.05, 0.1) is 6.61 Å². The van der Waals surface area contributed by atoms with Crippen LogP contribution in [0.5, 0.6) is 5.75 Å². The SMILES string of the molecule is CC[C@@H](N)c1ccc2c(c1)OCC2. The Labute approximate surface area is 78.7 Å². The van der Waals surface area contributed by atoms with E-state index in [4.69, 9.17) is 10.5 Å². The summed E-state index contributed by atoms with van der Waals surface area (Å²) in [5.41, 5.74) is 8.43. The van der Waals surface area contributed by atoms with Crippen molar-refractivity contribution in [3.05, 3.63) is 29.3 Å². The number of fused-ring (bicyclic) bond motifs is 1. The molecule has 2 heteroatoms. The van der Waals surface area contributed by atoms with Crippen LogP contribution in [-0.2, 0) is 6.42 Å². The molecule has 0 aromatic heterocycles. The fourth-order valence-corrected chi connectivity index (χ4v) is 1.65. The molecule has 2 nitrogen and oxygen atoms in total. The summed E-state index contributed by atoms with van der Waals surface area (Å²) in [4.78, 5) is 0. The molecular weight excluding hydrogens is 162 g/mol. The maximum absolute atomic E-state index is 5.93.